The second-order valence-corrected chi connectivity index (χ2v) is 7.08. The van der Waals surface area contributed by atoms with Gasteiger partial charge in [0.1, 0.15) is 11.4 Å². The summed E-state index contributed by atoms with van der Waals surface area (Å²) in [6, 6.07) is 13.0. The summed E-state index contributed by atoms with van der Waals surface area (Å²) in [5.41, 5.74) is 0.337. The molecule has 0 saturated heterocycles. The molecular weight excluding hydrogens is 437 g/mol. The molecule has 10 heteroatoms. The molecule has 2 aromatic heterocycles. The summed E-state index contributed by atoms with van der Waals surface area (Å²) in [4.78, 5) is 25.7. The molecule has 1 N–H and O–H groups in total. The van der Waals surface area contributed by atoms with Gasteiger partial charge in [0.25, 0.3) is 11.1 Å². The van der Waals surface area contributed by atoms with E-state index in [9.17, 15) is 22.8 Å². The molecular formula is C23H17F3N4O3. The van der Waals surface area contributed by atoms with Crippen molar-refractivity contribution in [2.75, 3.05) is 5.32 Å². The third kappa shape index (κ3) is 4.49. The van der Waals surface area contributed by atoms with E-state index in [1.54, 1.807) is 49.7 Å². The first kappa shape index (κ1) is 21.9. The molecule has 0 amide bonds. The predicted molar refractivity (Wildman–Crippen MR) is 119 cm³/mol. The number of benzene rings is 2. The molecule has 168 valence electrons. The molecule has 0 unspecified atom stereocenters. The molecule has 4 rings (SSSR count). The van der Waals surface area contributed by atoms with Crippen LogP contribution in [0.4, 0.5) is 24.7 Å². The highest BCUT2D eigenvalue weighted by Crippen LogP contribution is 2.26. The lowest BCUT2D eigenvalue weighted by molar-refractivity contribution is -0.274. The third-order valence-electron chi connectivity index (χ3n) is 4.85. The highest BCUT2D eigenvalue weighted by Gasteiger charge is 2.31. The van der Waals surface area contributed by atoms with Crippen molar-refractivity contribution in [2.45, 2.75) is 6.36 Å². The number of aromatic nitrogens is 3. The van der Waals surface area contributed by atoms with Crippen molar-refractivity contribution < 1.29 is 17.9 Å². The molecule has 0 radical (unpaired) electrons. The number of aryl methyl sites for hydroxylation is 1. The van der Waals surface area contributed by atoms with Gasteiger partial charge in [0, 0.05) is 18.6 Å². The minimum absolute atomic E-state index is 0.212. The maximum Gasteiger partial charge on any atom is 0.573 e. The number of hydrogen-bond acceptors (Lipinski definition) is 5. The van der Waals surface area contributed by atoms with Crippen LogP contribution in [-0.4, -0.2) is 20.7 Å². The number of nitrogens with zero attached hydrogens (tertiary/aromatic N) is 3. The topological polar surface area (TPSA) is 78.2 Å². The van der Waals surface area contributed by atoms with Crippen molar-refractivity contribution in [1.82, 2.24) is 14.3 Å². The molecule has 0 bridgehead atoms. The van der Waals surface area contributed by atoms with Crippen molar-refractivity contribution in [3.05, 3.63) is 93.6 Å². The van der Waals surface area contributed by atoms with Crippen LogP contribution in [0.2, 0.25) is 0 Å². The number of nitrogens with one attached hydrogen (secondary N) is 1. The molecule has 0 spiro atoms. The maximum absolute atomic E-state index is 13.2. The van der Waals surface area contributed by atoms with Crippen LogP contribution in [0.5, 0.6) is 5.75 Å². The van der Waals surface area contributed by atoms with Crippen LogP contribution in [0.15, 0.2) is 77.0 Å². The quantitative estimate of drug-likeness (QED) is 0.485. The van der Waals surface area contributed by atoms with E-state index >= 15 is 0 Å². The molecule has 4 aromatic rings. The monoisotopic (exact) mass is 454 g/mol. The lowest BCUT2D eigenvalue weighted by Gasteiger charge is -2.14. The summed E-state index contributed by atoms with van der Waals surface area (Å²) < 4.78 is 43.7. The van der Waals surface area contributed by atoms with E-state index in [1.807, 2.05) is 0 Å². The Labute approximate surface area is 185 Å². The zero-order chi connectivity index (χ0) is 23.8. The van der Waals surface area contributed by atoms with Gasteiger partial charge in [-0.05, 0) is 54.1 Å². The average molecular weight is 454 g/mol. The van der Waals surface area contributed by atoms with E-state index in [0.29, 0.717) is 10.9 Å². The number of alkyl halides is 3. The Morgan fingerprint density at radius 1 is 1.03 bits per heavy atom. The summed E-state index contributed by atoms with van der Waals surface area (Å²) in [6.45, 7) is 3.71. The van der Waals surface area contributed by atoms with E-state index in [-0.39, 0.29) is 28.1 Å². The standard InChI is InChI=1S/C23H17F3N4O3/c1-3-14-6-11-17-18(13-14)21(31)30(15-7-9-16(10-8-15)33-23(24,25)26)28-20(17)27-19-5-4-12-29(2)22(19)32/h3-13H,1H2,2H3,(H,27,28). The highest BCUT2D eigenvalue weighted by molar-refractivity contribution is 5.94. The van der Waals surface area contributed by atoms with Crippen LogP contribution >= 0.6 is 0 Å². The summed E-state index contributed by atoms with van der Waals surface area (Å²) in [5.74, 6) is -0.209. The zero-order valence-corrected chi connectivity index (χ0v) is 17.3. The van der Waals surface area contributed by atoms with E-state index < -0.39 is 17.7 Å². The number of halogens is 3. The smallest absolute Gasteiger partial charge is 0.406 e. The minimum Gasteiger partial charge on any atom is -0.406 e. The molecule has 0 saturated carbocycles. The van der Waals surface area contributed by atoms with Crippen LogP contribution in [0.25, 0.3) is 22.5 Å². The Balaban J connectivity index is 1.89. The van der Waals surface area contributed by atoms with E-state index in [1.165, 1.54) is 16.7 Å². The first-order valence-corrected chi connectivity index (χ1v) is 9.64. The number of rotatable bonds is 5. The Morgan fingerprint density at radius 2 is 1.76 bits per heavy atom. The van der Waals surface area contributed by atoms with Crippen molar-refractivity contribution in [3.63, 3.8) is 0 Å². The molecule has 33 heavy (non-hydrogen) atoms. The average Bonchev–Trinajstić information content (AvgIpc) is 2.78. The van der Waals surface area contributed by atoms with Gasteiger partial charge in [-0.25, -0.2) is 0 Å². The molecule has 2 aromatic carbocycles. The van der Waals surface area contributed by atoms with Crippen LogP contribution in [0, 0.1) is 0 Å². The molecule has 0 fully saturated rings. The Hall–Kier alpha value is -4.34. The summed E-state index contributed by atoms with van der Waals surface area (Å²) >= 11 is 0. The number of fused-ring (bicyclic) bond motifs is 1. The van der Waals surface area contributed by atoms with Gasteiger partial charge < -0.3 is 14.6 Å². The van der Waals surface area contributed by atoms with Gasteiger partial charge >= 0.3 is 6.36 Å². The predicted octanol–water partition coefficient (Wildman–Crippen LogP) is 4.37. The molecule has 0 aliphatic heterocycles. The Morgan fingerprint density at radius 3 is 2.42 bits per heavy atom. The maximum atomic E-state index is 13.2. The number of hydrogen-bond donors (Lipinski definition) is 1. The summed E-state index contributed by atoms with van der Waals surface area (Å²) in [7, 11) is 1.60. The summed E-state index contributed by atoms with van der Waals surface area (Å²) in [6.07, 6.45) is -1.66. The molecule has 0 atom stereocenters. The lowest BCUT2D eigenvalue weighted by atomic mass is 10.1. The molecule has 2 heterocycles. The summed E-state index contributed by atoms with van der Waals surface area (Å²) in [5, 5.41) is 8.07. The Bertz CT molecular complexity index is 1470. The van der Waals surface area contributed by atoms with Gasteiger partial charge in [-0.3, -0.25) is 9.59 Å². The number of ether oxygens (including phenoxy) is 1. The normalized spacial score (nSPS) is 11.4. The van der Waals surface area contributed by atoms with Gasteiger partial charge in [-0.1, -0.05) is 18.7 Å². The fourth-order valence-corrected chi connectivity index (χ4v) is 3.26. The fraction of sp³-hybridized carbons (Fsp3) is 0.0870. The second kappa shape index (κ2) is 8.30. The van der Waals surface area contributed by atoms with Crippen LogP contribution in [0.1, 0.15) is 5.56 Å². The second-order valence-electron chi connectivity index (χ2n) is 7.08. The van der Waals surface area contributed by atoms with Gasteiger partial charge in [-0.2, -0.15) is 4.68 Å². The lowest BCUT2D eigenvalue weighted by Crippen LogP contribution is -2.24. The first-order valence-electron chi connectivity index (χ1n) is 9.64. The van der Waals surface area contributed by atoms with Gasteiger partial charge in [0.2, 0.25) is 0 Å². The first-order chi connectivity index (χ1) is 15.7. The van der Waals surface area contributed by atoms with Gasteiger partial charge in [-0.15, -0.1) is 18.3 Å². The van der Waals surface area contributed by atoms with E-state index in [0.717, 1.165) is 16.8 Å². The van der Waals surface area contributed by atoms with Gasteiger partial charge in [0.05, 0.1) is 11.1 Å². The van der Waals surface area contributed by atoms with Crippen molar-refractivity contribution in [1.29, 1.82) is 0 Å². The third-order valence-corrected chi connectivity index (χ3v) is 4.85. The SMILES string of the molecule is C=Cc1ccc2c(Nc3cccn(C)c3=O)nn(-c3ccc(OC(F)(F)F)cc3)c(=O)c2c1. The number of pyridine rings is 1. The van der Waals surface area contributed by atoms with Gasteiger partial charge in [0.15, 0.2) is 5.82 Å². The Kier molecular flexibility index (Phi) is 5.50. The van der Waals surface area contributed by atoms with Crippen LogP contribution in [0.3, 0.4) is 0 Å². The molecule has 0 aliphatic rings. The number of anilines is 2. The fourth-order valence-electron chi connectivity index (χ4n) is 3.26. The van der Waals surface area contributed by atoms with E-state index in [2.05, 4.69) is 21.7 Å². The van der Waals surface area contributed by atoms with Crippen LogP contribution < -0.4 is 21.2 Å². The largest absolute Gasteiger partial charge is 0.573 e. The molecule has 0 aliphatic carbocycles. The zero-order valence-electron chi connectivity index (χ0n) is 17.3. The van der Waals surface area contributed by atoms with Crippen molar-refractivity contribution >= 4 is 28.4 Å². The minimum atomic E-state index is -4.83. The van der Waals surface area contributed by atoms with Crippen LogP contribution in [-0.2, 0) is 7.05 Å². The van der Waals surface area contributed by atoms with Crippen molar-refractivity contribution in [3.8, 4) is 11.4 Å². The molecule has 7 nitrogen and oxygen atoms in total. The highest BCUT2D eigenvalue weighted by atomic mass is 19.4. The van der Waals surface area contributed by atoms with Crippen molar-refractivity contribution in [2.24, 2.45) is 7.05 Å². The van der Waals surface area contributed by atoms with E-state index in [4.69, 9.17) is 0 Å².